The highest BCUT2D eigenvalue weighted by Crippen LogP contribution is 2.19. The first-order chi connectivity index (χ1) is 12.3. The number of nitrogens with one attached hydrogen (secondary N) is 2. The molecule has 0 fully saturated rings. The third kappa shape index (κ3) is 6.84. The van der Waals surface area contributed by atoms with Crippen LogP contribution in [0.4, 0.5) is 5.69 Å². The van der Waals surface area contributed by atoms with Gasteiger partial charge in [0.05, 0.1) is 19.6 Å². The third-order valence-electron chi connectivity index (χ3n) is 4.01. The number of rotatable bonds is 9. The quantitative estimate of drug-likeness (QED) is 0.691. The van der Waals surface area contributed by atoms with Gasteiger partial charge in [0.15, 0.2) is 0 Å². The molecule has 7 heteroatoms. The first-order valence-corrected chi connectivity index (χ1v) is 8.87. The van der Waals surface area contributed by atoms with Crippen LogP contribution in [0, 0.1) is 13.8 Å². The Balaban J connectivity index is 2.56. The van der Waals surface area contributed by atoms with Crippen LogP contribution in [-0.4, -0.2) is 67.3 Å². The van der Waals surface area contributed by atoms with Gasteiger partial charge in [-0.2, -0.15) is 0 Å². The highest BCUT2D eigenvalue weighted by Gasteiger charge is 2.18. The standard InChI is InChI=1S/C19H30N4O3/c1-6-20-16(24)12-23(7-2)18(26)13-22(5)11-17(25)21-19-14(3)9-8-10-15(19)4/h8-10H,6-7,11-13H2,1-5H3,(H,20,24)(H,21,25). The summed E-state index contributed by atoms with van der Waals surface area (Å²) in [5.74, 6) is -0.538. The summed E-state index contributed by atoms with van der Waals surface area (Å²) >= 11 is 0. The molecule has 1 aromatic rings. The van der Waals surface area contributed by atoms with Gasteiger partial charge >= 0.3 is 0 Å². The summed E-state index contributed by atoms with van der Waals surface area (Å²) in [5.41, 5.74) is 2.80. The van der Waals surface area contributed by atoms with E-state index in [0.717, 1.165) is 16.8 Å². The molecular weight excluding hydrogens is 332 g/mol. The first-order valence-electron chi connectivity index (χ1n) is 8.87. The summed E-state index contributed by atoms with van der Waals surface area (Å²) in [6.45, 7) is 8.72. The van der Waals surface area contributed by atoms with Crippen LogP contribution in [0.5, 0.6) is 0 Å². The van der Waals surface area contributed by atoms with Gasteiger partial charge < -0.3 is 15.5 Å². The SMILES string of the molecule is CCNC(=O)CN(CC)C(=O)CN(C)CC(=O)Nc1c(C)cccc1C. The highest BCUT2D eigenvalue weighted by molar-refractivity contribution is 5.94. The van der Waals surface area contributed by atoms with Crippen molar-refractivity contribution in [2.45, 2.75) is 27.7 Å². The minimum absolute atomic E-state index is 0.0333. The lowest BCUT2D eigenvalue weighted by Crippen LogP contribution is -2.45. The molecule has 0 saturated heterocycles. The number of carbonyl (C=O) groups excluding carboxylic acids is 3. The first kappa shape index (κ1) is 21.6. The largest absolute Gasteiger partial charge is 0.355 e. The maximum Gasteiger partial charge on any atom is 0.239 e. The zero-order chi connectivity index (χ0) is 19.7. The molecule has 0 spiro atoms. The minimum atomic E-state index is -0.182. The molecule has 144 valence electrons. The van der Waals surface area contributed by atoms with Gasteiger partial charge in [-0.05, 0) is 45.9 Å². The van der Waals surface area contributed by atoms with Crippen LogP contribution in [0.3, 0.4) is 0 Å². The lowest BCUT2D eigenvalue weighted by Gasteiger charge is -2.23. The zero-order valence-electron chi connectivity index (χ0n) is 16.4. The normalized spacial score (nSPS) is 10.5. The maximum atomic E-state index is 12.3. The number of anilines is 1. The smallest absolute Gasteiger partial charge is 0.239 e. The van der Waals surface area contributed by atoms with E-state index >= 15 is 0 Å². The molecule has 0 aliphatic heterocycles. The molecule has 1 aromatic carbocycles. The Labute approximate surface area is 155 Å². The van der Waals surface area contributed by atoms with Crippen molar-refractivity contribution in [2.24, 2.45) is 0 Å². The second-order valence-corrected chi connectivity index (χ2v) is 6.35. The second-order valence-electron chi connectivity index (χ2n) is 6.35. The highest BCUT2D eigenvalue weighted by atomic mass is 16.2. The molecule has 0 heterocycles. The van der Waals surface area contributed by atoms with E-state index in [9.17, 15) is 14.4 Å². The predicted molar refractivity (Wildman–Crippen MR) is 103 cm³/mol. The molecule has 0 bridgehead atoms. The van der Waals surface area contributed by atoms with Crippen LogP contribution < -0.4 is 10.6 Å². The molecule has 2 N–H and O–H groups in total. The Bertz CT molecular complexity index is 625. The van der Waals surface area contributed by atoms with Gasteiger partial charge in [0.2, 0.25) is 17.7 Å². The third-order valence-corrected chi connectivity index (χ3v) is 4.01. The summed E-state index contributed by atoms with van der Waals surface area (Å²) in [6.07, 6.45) is 0. The van der Waals surface area contributed by atoms with Crippen molar-refractivity contribution in [3.8, 4) is 0 Å². The van der Waals surface area contributed by atoms with E-state index in [4.69, 9.17) is 0 Å². The van der Waals surface area contributed by atoms with E-state index in [1.165, 1.54) is 4.90 Å². The molecule has 0 radical (unpaired) electrons. The van der Waals surface area contributed by atoms with Gasteiger partial charge in [0.1, 0.15) is 0 Å². The Kier molecular flexibility index (Phi) is 8.78. The zero-order valence-corrected chi connectivity index (χ0v) is 16.4. The fraction of sp³-hybridized carbons (Fsp3) is 0.526. The van der Waals surface area contributed by atoms with Crippen molar-refractivity contribution in [3.05, 3.63) is 29.3 Å². The van der Waals surface area contributed by atoms with E-state index in [1.807, 2.05) is 45.9 Å². The number of para-hydroxylation sites is 1. The van der Waals surface area contributed by atoms with Crippen molar-refractivity contribution in [3.63, 3.8) is 0 Å². The fourth-order valence-corrected chi connectivity index (χ4v) is 2.63. The van der Waals surface area contributed by atoms with Crippen LogP contribution in [-0.2, 0) is 14.4 Å². The molecular formula is C19H30N4O3. The van der Waals surface area contributed by atoms with Crippen LogP contribution in [0.25, 0.3) is 0 Å². The average Bonchev–Trinajstić information content (AvgIpc) is 2.56. The van der Waals surface area contributed by atoms with E-state index in [1.54, 1.807) is 11.9 Å². The van der Waals surface area contributed by atoms with Crippen molar-refractivity contribution >= 4 is 23.4 Å². The number of aryl methyl sites for hydroxylation is 2. The van der Waals surface area contributed by atoms with Gasteiger partial charge in [-0.15, -0.1) is 0 Å². The number of carbonyl (C=O) groups is 3. The van der Waals surface area contributed by atoms with Crippen LogP contribution in [0.1, 0.15) is 25.0 Å². The molecule has 7 nitrogen and oxygen atoms in total. The topological polar surface area (TPSA) is 81.8 Å². The summed E-state index contributed by atoms with van der Waals surface area (Å²) in [4.78, 5) is 39.4. The molecule has 0 aliphatic rings. The van der Waals surface area contributed by atoms with Crippen molar-refractivity contribution in [1.82, 2.24) is 15.1 Å². The Morgan fingerprint density at radius 3 is 2.12 bits per heavy atom. The molecule has 26 heavy (non-hydrogen) atoms. The Morgan fingerprint density at radius 1 is 0.962 bits per heavy atom. The summed E-state index contributed by atoms with van der Waals surface area (Å²) in [5, 5.41) is 5.58. The van der Waals surface area contributed by atoms with E-state index in [-0.39, 0.29) is 37.4 Å². The number of benzene rings is 1. The van der Waals surface area contributed by atoms with Crippen molar-refractivity contribution in [2.75, 3.05) is 45.1 Å². The number of nitrogens with zero attached hydrogens (tertiary/aromatic N) is 2. The van der Waals surface area contributed by atoms with Gasteiger partial charge in [-0.25, -0.2) is 0 Å². The predicted octanol–water partition coefficient (Wildman–Crippen LogP) is 1.16. The van der Waals surface area contributed by atoms with E-state index in [0.29, 0.717) is 13.1 Å². The molecule has 0 unspecified atom stereocenters. The summed E-state index contributed by atoms with van der Waals surface area (Å²) < 4.78 is 0. The van der Waals surface area contributed by atoms with Crippen molar-refractivity contribution < 1.29 is 14.4 Å². The van der Waals surface area contributed by atoms with E-state index in [2.05, 4.69) is 10.6 Å². The Hall–Kier alpha value is -2.41. The minimum Gasteiger partial charge on any atom is -0.355 e. The molecule has 0 saturated carbocycles. The number of likely N-dealkylation sites (N-methyl/N-ethyl adjacent to an activating group) is 3. The maximum absolute atomic E-state index is 12.3. The van der Waals surface area contributed by atoms with Gasteiger partial charge in [-0.1, -0.05) is 18.2 Å². The molecule has 0 atom stereocenters. The summed E-state index contributed by atoms with van der Waals surface area (Å²) in [7, 11) is 1.71. The monoisotopic (exact) mass is 362 g/mol. The average molecular weight is 362 g/mol. The van der Waals surface area contributed by atoms with Crippen LogP contribution in [0.15, 0.2) is 18.2 Å². The van der Waals surface area contributed by atoms with Gasteiger partial charge in [-0.3, -0.25) is 19.3 Å². The molecule has 1 rings (SSSR count). The number of hydrogen-bond acceptors (Lipinski definition) is 4. The van der Waals surface area contributed by atoms with Gasteiger partial charge in [0, 0.05) is 18.8 Å². The lowest BCUT2D eigenvalue weighted by atomic mass is 10.1. The molecule has 0 aromatic heterocycles. The van der Waals surface area contributed by atoms with Gasteiger partial charge in [0.25, 0.3) is 0 Å². The van der Waals surface area contributed by atoms with Crippen LogP contribution in [0.2, 0.25) is 0 Å². The van der Waals surface area contributed by atoms with Crippen LogP contribution >= 0.6 is 0 Å². The lowest BCUT2D eigenvalue weighted by molar-refractivity contribution is -0.136. The summed E-state index contributed by atoms with van der Waals surface area (Å²) in [6, 6.07) is 5.83. The van der Waals surface area contributed by atoms with E-state index < -0.39 is 0 Å². The number of amides is 3. The van der Waals surface area contributed by atoms with Crippen molar-refractivity contribution in [1.29, 1.82) is 0 Å². The Morgan fingerprint density at radius 2 is 1.58 bits per heavy atom. The second kappa shape index (κ2) is 10.6. The number of hydrogen-bond donors (Lipinski definition) is 2. The molecule has 3 amide bonds. The molecule has 0 aliphatic carbocycles. The fourth-order valence-electron chi connectivity index (χ4n) is 2.63.